The first-order valence-electron chi connectivity index (χ1n) is 21.4. The van der Waals surface area contributed by atoms with Crippen LogP contribution in [0.5, 0.6) is 0 Å². The first-order chi connectivity index (χ1) is 31.1. The van der Waals surface area contributed by atoms with Crippen molar-refractivity contribution in [3.8, 4) is 33.4 Å². The predicted octanol–water partition coefficient (Wildman–Crippen LogP) is 15.7. The van der Waals surface area contributed by atoms with Crippen molar-refractivity contribution >= 4 is 65.8 Å². The van der Waals surface area contributed by atoms with Crippen LogP contribution in [0.1, 0.15) is 22.3 Å². The Morgan fingerprint density at radius 3 is 1.17 bits per heavy atom. The van der Waals surface area contributed by atoms with Crippen molar-refractivity contribution < 1.29 is 4.92 Å². The fourth-order valence-electron chi connectivity index (χ4n) is 11.1. The Balaban J connectivity index is 1.15. The van der Waals surface area contributed by atoms with Gasteiger partial charge in [-0.3, -0.25) is 10.1 Å². The van der Waals surface area contributed by atoms with E-state index < -0.39 is 5.41 Å². The SMILES string of the molecule is O=[N+]([O-])c1ccc(N2c3ccccc3C3(c4cc(-c5c6ccccc6cc6ccccc56)ccc4-c4ccc(-c5c6ccccc6cc6ccccc56)cc43)c3ccccc32)cc1. The minimum absolute atomic E-state index is 0.0643. The molecule has 0 bridgehead atoms. The summed E-state index contributed by atoms with van der Waals surface area (Å²) in [5.74, 6) is 0. The number of para-hydroxylation sites is 2. The Labute approximate surface area is 363 Å². The molecule has 0 N–H and O–H groups in total. The third-order valence-corrected chi connectivity index (χ3v) is 13.7. The molecule has 0 saturated carbocycles. The van der Waals surface area contributed by atoms with Gasteiger partial charge in [-0.25, -0.2) is 0 Å². The van der Waals surface area contributed by atoms with Gasteiger partial charge >= 0.3 is 0 Å². The largest absolute Gasteiger partial charge is 0.310 e. The van der Waals surface area contributed by atoms with Crippen LogP contribution in [0.25, 0.3) is 76.5 Å². The zero-order chi connectivity index (χ0) is 41.8. The van der Waals surface area contributed by atoms with Crippen LogP contribution in [-0.4, -0.2) is 4.92 Å². The van der Waals surface area contributed by atoms with Gasteiger partial charge in [0.2, 0.25) is 0 Å². The Morgan fingerprint density at radius 1 is 0.381 bits per heavy atom. The molecule has 0 fully saturated rings. The second-order valence-electron chi connectivity index (χ2n) is 16.8. The number of nitrogens with zero attached hydrogens (tertiary/aromatic N) is 2. The molecule has 63 heavy (non-hydrogen) atoms. The molecule has 0 saturated heterocycles. The number of nitro groups is 1. The summed E-state index contributed by atoms with van der Waals surface area (Å²) in [7, 11) is 0. The van der Waals surface area contributed by atoms with E-state index >= 15 is 0 Å². The summed E-state index contributed by atoms with van der Waals surface area (Å²) < 4.78 is 0. The first-order valence-corrected chi connectivity index (χ1v) is 21.4. The minimum Gasteiger partial charge on any atom is -0.310 e. The summed E-state index contributed by atoms with van der Waals surface area (Å²) in [5.41, 5.74) is 14.2. The number of nitro benzene ring substituents is 1. The topological polar surface area (TPSA) is 46.4 Å². The molecule has 0 atom stereocenters. The summed E-state index contributed by atoms with van der Waals surface area (Å²) >= 11 is 0. The molecule has 4 nitrogen and oxygen atoms in total. The number of non-ortho nitro benzene ring substituents is 1. The third kappa shape index (κ3) is 4.98. The van der Waals surface area contributed by atoms with E-state index in [0.29, 0.717) is 0 Å². The van der Waals surface area contributed by atoms with Gasteiger partial charge in [-0.1, -0.05) is 158 Å². The van der Waals surface area contributed by atoms with Crippen molar-refractivity contribution in [1.29, 1.82) is 0 Å². The number of benzene rings is 11. The zero-order valence-corrected chi connectivity index (χ0v) is 34.0. The van der Waals surface area contributed by atoms with Crippen molar-refractivity contribution in [2.75, 3.05) is 4.90 Å². The lowest BCUT2D eigenvalue weighted by Crippen LogP contribution is -2.36. The summed E-state index contributed by atoms with van der Waals surface area (Å²) in [6.45, 7) is 0. The average Bonchev–Trinajstić information content (AvgIpc) is 3.61. The Kier molecular flexibility index (Phi) is 7.49. The molecule has 294 valence electrons. The fraction of sp³-hybridized carbons (Fsp3) is 0.0169. The molecule has 1 spiro atoms. The molecule has 13 rings (SSSR count). The highest BCUT2D eigenvalue weighted by Gasteiger charge is 2.52. The van der Waals surface area contributed by atoms with Gasteiger partial charge in [-0.2, -0.15) is 0 Å². The van der Waals surface area contributed by atoms with Crippen molar-refractivity contribution in [2.24, 2.45) is 0 Å². The molecule has 11 aromatic rings. The Morgan fingerprint density at radius 2 is 0.762 bits per heavy atom. The number of fused-ring (bicyclic) bond motifs is 13. The maximum Gasteiger partial charge on any atom is 0.269 e. The third-order valence-electron chi connectivity index (χ3n) is 13.7. The van der Waals surface area contributed by atoms with Crippen LogP contribution in [-0.2, 0) is 5.41 Å². The molecule has 2 aliphatic rings. The van der Waals surface area contributed by atoms with E-state index in [0.717, 1.165) is 28.2 Å². The average molecular weight is 805 g/mol. The van der Waals surface area contributed by atoms with Gasteiger partial charge in [0.1, 0.15) is 0 Å². The molecule has 0 amide bonds. The molecule has 0 aromatic heterocycles. The van der Waals surface area contributed by atoms with E-state index in [9.17, 15) is 10.1 Å². The Bertz CT molecular complexity index is 3410. The molecule has 1 heterocycles. The van der Waals surface area contributed by atoms with E-state index in [1.54, 1.807) is 12.1 Å². The van der Waals surface area contributed by atoms with Crippen LogP contribution < -0.4 is 4.90 Å². The number of hydrogen-bond acceptors (Lipinski definition) is 3. The minimum atomic E-state index is -0.734. The molecule has 4 heteroatoms. The van der Waals surface area contributed by atoms with Gasteiger partial charge in [0, 0.05) is 17.8 Å². The highest BCUT2D eigenvalue weighted by atomic mass is 16.6. The summed E-state index contributed by atoms with van der Waals surface area (Å²) in [4.78, 5) is 13.8. The number of anilines is 3. The standard InChI is InChI=1S/C59H36N2O2/c62-61(63)44-29-27-43(28-30-44)60-55-23-11-9-21-51(55)59(52-22-10-12-24-56(52)60)53-35-41(57-45-17-5-1-13-37(45)33-38-14-2-6-18-46(38)57)25-31-49(53)50-32-26-42(36-54(50)59)58-47-19-7-3-15-39(47)34-40-16-4-8-20-48(40)58/h1-36H. The van der Waals surface area contributed by atoms with Crippen LogP contribution in [0.3, 0.4) is 0 Å². The lowest BCUT2D eigenvalue weighted by molar-refractivity contribution is -0.384. The van der Waals surface area contributed by atoms with Gasteiger partial charge < -0.3 is 4.90 Å². The van der Waals surface area contributed by atoms with Crippen LogP contribution in [0.2, 0.25) is 0 Å². The van der Waals surface area contributed by atoms with Gasteiger partial charge in [-0.15, -0.1) is 0 Å². The summed E-state index contributed by atoms with van der Waals surface area (Å²) in [6.07, 6.45) is 0. The first kappa shape index (κ1) is 35.4. The van der Waals surface area contributed by atoms with Gasteiger partial charge in [0.15, 0.2) is 0 Å². The van der Waals surface area contributed by atoms with E-state index in [1.165, 1.54) is 87.6 Å². The molecule has 11 aromatic carbocycles. The highest BCUT2D eigenvalue weighted by molar-refractivity contribution is 6.15. The van der Waals surface area contributed by atoms with Crippen LogP contribution in [0, 0.1) is 10.1 Å². The van der Waals surface area contributed by atoms with E-state index in [2.05, 4.69) is 199 Å². The lowest BCUT2D eigenvalue weighted by Gasteiger charge is -2.45. The van der Waals surface area contributed by atoms with Gasteiger partial charge in [0.05, 0.1) is 21.7 Å². The van der Waals surface area contributed by atoms with Crippen LogP contribution >= 0.6 is 0 Å². The maximum atomic E-state index is 11.8. The van der Waals surface area contributed by atoms with E-state index in [1.807, 2.05) is 12.1 Å². The normalized spacial score (nSPS) is 13.3. The number of rotatable bonds is 4. The molecule has 1 aliphatic heterocycles. The second kappa shape index (κ2) is 13.3. The lowest BCUT2D eigenvalue weighted by atomic mass is 9.64. The molecule has 1 aliphatic carbocycles. The van der Waals surface area contributed by atoms with Gasteiger partial charge in [0.25, 0.3) is 5.69 Å². The molecular formula is C59H36N2O2. The van der Waals surface area contributed by atoms with E-state index in [4.69, 9.17) is 0 Å². The van der Waals surface area contributed by atoms with Crippen molar-refractivity contribution in [3.63, 3.8) is 0 Å². The van der Waals surface area contributed by atoms with Crippen molar-refractivity contribution in [1.82, 2.24) is 0 Å². The second-order valence-corrected chi connectivity index (χ2v) is 16.8. The Hall–Kier alpha value is -8.34. The smallest absolute Gasteiger partial charge is 0.269 e. The highest BCUT2D eigenvalue weighted by Crippen LogP contribution is 2.64. The molecule has 0 unspecified atom stereocenters. The van der Waals surface area contributed by atoms with Gasteiger partial charge in [-0.05, 0) is 147 Å². The fourth-order valence-corrected chi connectivity index (χ4v) is 11.1. The quantitative estimate of drug-likeness (QED) is 0.101. The monoisotopic (exact) mass is 804 g/mol. The predicted molar refractivity (Wildman–Crippen MR) is 260 cm³/mol. The van der Waals surface area contributed by atoms with Crippen molar-refractivity contribution in [3.05, 3.63) is 251 Å². The molecular weight excluding hydrogens is 769 g/mol. The summed E-state index contributed by atoms with van der Waals surface area (Å²) in [6, 6.07) is 78.3. The molecule has 0 radical (unpaired) electrons. The van der Waals surface area contributed by atoms with E-state index in [-0.39, 0.29) is 10.6 Å². The van der Waals surface area contributed by atoms with Crippen LogP contribution in [0.15, 0.2) is 218 Å². The summed E-state index contributed by atoms with van der Waals surface area (Å²) in [5, 5.41) is 21.6. The van der Waals surface area contributed by atoms with Crippen molar-refractivity contribution in [2.45, 2.75) is 5.41 Å². The number of hydrogen-bond donors (Lipinski definition) is 0. The zero-order valence-electron chi connectivity index (χ0n) is 34.0. The maximum absolute atomic E-state index is 11.8. The van der Waals surface area contributed by atoms with Crippen LogP contribution in [0.4, 0.5) is 22.7 Å².